The van der Waals surface area contributed by atoms with Crippen LogP contribution in [0, 0.1) is 21.4 Å². The zero-order valence-electron chi connectivity index (χ0n) is 17.7. The number of methoxy groups -OCH3 is 1. The molecule has 3 aromatic rings. The van der Waals surface area contributed by atoms with Crippen LogP contribution in [0.15, 0.2) is 70.7 Å². The lowest BCUT2D eigenvalue weighted by atomic mass is 10.1. The van der Waals surface area contributed by atoms with Crippen molar-refractivity contribution in [2.24, 2.45) is 0 Å². The monoisotopic (exact) mass is 541 g/mol. The molecule has 3 aromatic carbocycles. The Bertz CT molecular complexity index is 1300. The lowest BCUT2D eigenvalue weighted by Crippen LogP contribution is -2.13. The van der Waals surface area contributed by atoms with Gasteiger partial charge >= 0.3 is 0 Å². The second kappa shape index (κ2) is 11.3. The quantitative estimate of drug-likeness (QED) is 0.158. The van der Waals surface area contributed by atoms with Gasteiger partial charge in [-0.05, 0) is 42.0 Å². The third-order valence-electron chi connectivity index (χ3n) is 4.59. The molecule has 34 heavy (non-hydrogen) atoms. The number of anilines is 1. The van der Waals surface area contributed by atoms with Crippen LogP contribution in [0.5, 0.6) is 11.5 Å². The molecule has 1 N–H and O–H groups in total. The minimum Gasteiger partial charge on any atom is -0.493 e. The highest BCUT2D eigenvalue weighted by atomic mass is 79.9. The number of nitriles is 1. The molecule has 0 bridgehead atoms. The van der Waals surface area contributed by atoms with Gasteiger partial charge in [-0.2, -0.15) is 5.26 Å². The van der Waals surface area contributed by atoms with E-state index in [1.54, 1.807) is 18.2 Å². The summed E-state index contributed by atoms with van der Waals surface area (Å²) >= 11 is 9.19. The molecule has 10 heteroatoms. The van der Waals surface area contributed by atoms with E-state index in [0.717, 1.165) is 16.1 Å². The highest BCUT2D eigenvalue weighted by Gasteiger charge is 2.17. The van der Waals surface area contributed by atoms with E-state index in [4.69, 9.17) is 21.1 Å². The molecule has 172 valence electrons. The molecule has 0 radical (unpaired) electrons. The summed E-state index contributed by atoms with van der Waals surface area (Å²) in [7, 11) is 1.49. The number of nitro benzene ring substituents is 1. The van der Waals surface area contributed by atoms with Crippen LogP contribution >= 0.6 is 27.5 Å². The van der Waals surface area contributed by atoms with Crippen LogP contribution in [-0.2, 0) is 11.4 Å². The molecule has 0 atom stereocenters. The van der Waals surface area contributed by atoms with Crippen molar-refractivity contribution in [3.8, 4) is 17.6 Å². The number of nitrogens with zero attached hydrogens (tertiary/aromatic N) is 2. The fourth-order valence-electron chi connectivity index (χ4n) is 2.93. The summed E-state index contributed by atoms with van der Waals surface area (Å²) < 4.78 is 12.3. The Hall–Kier alpha value is -3.87. The SMILES string of the molecule is COc1cccc(/C=C(\C#N)C(=O)Nc2ccc(Cl)c([N+](=O)[O-])c2)c1OCc1ccc(Br)cc1. The maximum atomic E-state index is 12.7. The average Bonchev–Trinajstić information content (AvgIpc) is 2.83. The molecular weight excluding hydrogens is 526 g/mol. The normalized spacial score (nSPS) is 10.8. The van der Waals surface area contributed by atoms with E-state index < -0.39 is 10.8 Å². The number of benzene rings is 3. The molecule has 0 fully saturated rings. The van der Waals surface area contributed by atoms with E-state index in [0.29, 0.717) is 17.1 Å². The van der Waals surface area contributed by atoms with Gasteiger partial charge < -0.3 is 14.8 Å². The van der Waals surface area contributed by atoms with Crippen LogP contribution in [0.3, 0.4) is 0 Å². The van der Waals surface area contributed by atoms with E-state index >= 15 is 0 Å². The third-order valence-corrected chi connectivity index (χ3v) is 5.44. The largest absolute Gasteiger partial charge is 0.493 e. The number of ether oxygens (including phenoxy) is 2. The van der Waals surface area contributed by atoms with Crippen LogP contribution in [0.25, 0.3) is 6.08 Å². The molecule has 3 rings (SSSR count). The lowest BCUT2D eigenvalue weighted by Gasteiger charge is -2.14. The average molecular weight is 543 g/mol. The van der Waals surface area contributed by atoms with Crippen molar-refractivity contribution in [2.45, 2.75) is 6.61 Å². The molecule has 0 spiro atoms. The van der Waals surface area contributed by atoms with E-state index in [9.17, 15) is 20.2 Å². The fraction of sp³-hybridized carbons (Fsp3) is 0.0833. The second-order valence-electron chi connectivity index (χ2n) is 6.84. The van der Waals surface area contributed by atoms with Crippen molar-refractivity contribution in [3.05, 3.63) is 97.0 Å². The van der Waals surface area contributed by atoms with E-state index in [2.05, 4.69) is 21.2 Å². The zero-order chi connectivity index (χ0) is 24.7. The Labute approximate surface area is 208 Å². The predicted molar refractivity (Wildman–Crippen MR) is 132 cm³/mol. The summed E-state index contributed by atoms with van der Waals surface area (Å²) in [6.45, 7) is 0.233. The number of hydrogen-bond donors (Lipinski definition) is 1. The van der Waals surface area contributed by atoms with Gasteiger partial charge in [-0.25, -0.2) is 0 Å². The van der Waals surface area contributed by atoms with Gasteiger partial charge in [0.25, 0.3) is 11.6 Å². The Morgan fingerprint density at radius 3 is 2.62 bits per heavy atom. The van der Waals surface area contributed by atoms with E-state index in [1.807, 2.05) is 30.3 Å². The topological polar surface area (TPSA) is 114 Å². The van der Waals surface area contributed by atoms with E-state index in [-0.39, 0.29) is 28.6 Å². The summed E-state index contributed by atoms with van der Waals surface area (Å²) in [5.74, 6) is 0.0354. The van der Waals surface area contributed by atoms with Gasteiger partial charge in [-0.1, -0.05) is 51.8 Å². The Kier molecular flexibility index (Phi) is 8.24. The minimum atomic E-state index is -0.749. The maximum Gasteiger partial charge on any atom is 0.289 e. The van der Waals surface area contributed by atoms with Crippen molar-refractivity contribution in [3.63, 3.8) is 0 Å². The van der Waals surface area contributed by atoms with E-state index in [1.165, 1.54) is 25.3 Å². The number of carbonyl (C=O) groups excluding carboxylic acids is 1. The van der Waals surface area contributed by atoms with Gasteiger partial charge in [-0.3, -0.25) is 14.9 Å². The number of halogens is 2. The molecule has 0 saturated carbocycles. The van der Waals surface area contributed by atoms with Crippen molar-refractivity contribution in [1.29, 1.82) is 5.26 Å². The summed E-state index contributed by atoms with van der Waals surface area (Å²) in [5.41, 5.74) is 0.884. The number of nitrogens with one attached hydrogen (secondary N) is 1. The standard InChI is InChI=1S/C24H17BrClN3O5/c1-33-22-4-2-3-16(23(22)34-14-15-5-7-18(25)8-6-15)11-17(13-27)24(30)28-19-9-10-20(26)21(12-19)29(31)32/h2-12H,14H2,1H3,(H,28,30)/b17-11+. The summed E-state index contributed by atoms with van der Waals surface area (Å²) in [4.78, 5) is 23.1. The number of rotatable bonds is 8. The van der Waals surface area contributed by atoms with Crippen molar-refractivity contribution >= 4 is 50.9 Å². The van der Waals surface area contributed by atoms with Crippen LogP contribution in [-0.4, -0.2) is 17.9 Å². The molecule has 0 aliphatic rings. The van der Waals surface area contributed by atoms with Crippen molar-refractivity contribution in [1.82, 2.24) is 0 Å². The molecule has 0 saturated heterocycles. The summed E-state index contributed by atoms with van der Waals surface area (Å²) in [5, 5.41) is 23.1. The molecule has 0 aromatic heterocycles. The summed E-state index contributed by atoms with van der Waals surface area (Å²) in [6, 6.07) is 18.3. The maximum absolute atomic E-state index is 12.7. The first-order valence-corrected chi connectivity index (χ1v) is 10.9. The third kappa shape index (κ3) is 6.13. The molecule has 0 aliphatic heterocycles. The Balaban J connectivity index is 1.88. The van der Waals surface area contributed by atoms with Crippen molar-refractivity contribution < 1.29 is 19.2 Å². The van der Waals surface area contributed by atoms with Gasteiger partial charge in [0.2, 0.25) is 0 Å². The van der Waals surface area contributed by atoms with Crippen LogP contribution < -0.4 is 14.8 Å². The van der Waals surface area contributed by atoms with Crippen LogP contribution in [0.1, 0.15) is 11.1 Å². The fourth-order valence-corrected chi connectivity index (χ4v) is 3.38. The van der Waals surface area contributed by atoms with Gasteiger partial charge in [-0.15, -0.1) is 0 Å². The smallest absolute Gasteiger partial charge is 0.289 e. The first kappa shape index (κ1) is 24.8. The predicted octanol–water partition coefficient (Wildman–Crippen LogP) is 6.14. The van der Waals surface area contributed by atoms with Gasteiger partial charge in [0.15, 0.2) is 11.5 Å². The molecule has 1 amide bonds. The first-order chi connectivity index (χ1) is 16.3. The van der Waals surface area contributed by atoms with Gasteiger partial charge in [0, 0.05) is 21.8 Å². The number of carbonyl (C=O) groups is 1. The number of amides is 1. The number of hydrogen-bond acceptors (Lipinski definition) is 6. The molecular formula is C24H17BrClN3O5. The second-order valence-corrected chi connectivity index (χ2v) is 8.16. The number of nitro groups is 1. The highest BCUT2D eigenvalue weighted by molar-refractivity contribution is 9.10. The van der Waals surface area contributed by atoms with Crippen LogP contribution in [0.4, 0.5) is 11.4 Å². The Morgan fingerprint density at radius 1 is 1.24 bits per heavy atom. The Morgan fingerprint density at radius 2 is 1.97 bits per heavy atom. The lowest BCUT2D eigenvalue weighted by molar-refractivity contribution is -0.384. The number of para-hydroxylation sites is 1. The van der Waals surface area contributed by atoms with Crippen molar-refractivity contribution in [2.75, 3.05) is 12.4 Å². The van der Waals surface area contributed by atoms with Gasteiger partial charge in [0.05, 0.1) is 12.0 Å². The molecule has 0 heterocycles. The first-order valence-electron chi connectivity index (χ1n) is 9.73. The highest BCUT2D eigenvalue weighted by Crippen LogP contribution is 2.34. The summed E-state index contributed by atoms with van der Waals surface area (Å²) in [6.07, 6.45) is 1.36. The molecule has 0 aliphatic carbocycles. The van der Waals surface area contributed by atoms with Crippen LogP contribution in [0.2, 0.25) is 5.02 Å². The molecule has 8 nitrogen and oxygen atoms in total. The zero-order valence-corrected chi connectivity index (χ0v) is 20.1. The van der Waals surface area contributed by atoms with Gasteiger partial charge in [0.1, 0.15) is 23.3 Å². The molecule has 0 unspecified atom stereocenters. The minimum absolute atomic E-state index is 0.0667.